The molecule has 1 aromatic heterocycles. The Morgan fingerprint density at radius 3 is 2.58 bits per heavy atom. The Morgan fingerprint density at radius 1 is 1.11 bits per heavy atom. The highest BCUT2D eigenvalue weighted by atomic mass is 16.5. The Morgan fingerprint density at radius 2 is 1.84 bits per heavy atom. The fourth-order valence-electron chi connectivity index (χ4n) is 5.99. The molecule has 0 bridgehead atoms. The number of hydrogen-bond acceptors (Lipinski definition) is 6. The number of para-hydroxylation sites is 1. The van der Waals surface area contributed by atoms with Gasteiger partial charge in [0, 0.05) is 55.6 Å². The monoisotopic (exact) mass is 614 g/mol. The molecule has 45 heavy (non-hydrogen) atoms. The number of urea groups is 1. The molecule has 2 N–H and O–H groups in total. The number of aryl methyl sites for hydroxylation is 1. The minimum Gasteiger partial charge on any atom is -0.497 e. The molecule has 0 radical (unpaired) electrons. The molecule has 0 fully saturated rings. The number of nitrogens with one attached hydrogen (secondary N) is 1. The van der Waals surface area contributed by atoms with Crippen LogP contribution in [0.3, 0.4) is 0 Å². The molecule has 0 spiro atoms. The summed E-state index contributed by atoms with van der Waals surface area (Å²) in [7, 11) is 6.73. The van der Waals surface area contributed by atoms with Crippen LogP contribution < -0.4 is 14.8 Å². The van der Waals surface area contributed by atoms with Crippen molar-refractivity contribution in [1.82, 2.24) is 14.4 Å². The fraction of sp³-hybridized carbons (Fsp3) is 0.371. The van der Waals surface area contributed by atoms with E-state index in [0.29, 0.717) is 36.0 Å². The normalized spacial score (nSPS) is 17.6. The van der Waals surface area contributed by atoms with Gasteiger partial charge in [0.2, 0.25) is 0 Å². The molecule has 3 amide bonds. The molecule has 1 aliphatic rings. The average Bonchev–Trinajstić information content (AvgIpc) is 3.35. The van der Waals surface area contributed by atoms with Crippen molar-refractivity contribution in [3.8, 4) is 22.6 Å². The first-order valence-electron chi connectivity index (χ1n) is 15.1. The number of carbonyl (C=O) groups excluding carboxylic acids is 2. The van der Waals surface area contributed by atoms with Gasteiger partial charge in [-0.25, -0.2) is 4.79 Å². The maximum absolute atomic E-state index is 14.5. The second-order valence-electron chi connectivity index (χ2n) is 11.6. The standard InChI is InChI=1S/C35H42N4O6/c1-22-18-39(23(2)20-40)34(41)33-32(27-13-9-10-14-29(27)38(33)4)26-12-8-7-11-24(26)21-45-31(22)19-37(3)35(42)36-28-16-15-25(43-5)17-30(28)44-6/h7-17,22-23,31,40H,18-21H2,1-6H3,(H,36,42)/t22-,23+,31-/m1/s1. The van der Waals surface area contributed by atoms with Gasteiger partial charge in [-0.05, 0) is 36.2 Å². The molecule has 10 nitrogen and oxygen atoms in total. The number of aliphatic hydroxyl groups excluding tert-OH is 1. The number of likely N-dealkylation sites (N-methyl/N-ethyl adjacent to an activating group) is 1. The lowest BCUT2D eigenvalue weighted by Gasteiger charge is -2.35. The molecular formula is C35H42N4O6. The SMILES string of the molecule is COc1ccc(NC(=O)N(C)C[C@H]2OCc3ccccc3-c3c(n(C)c4ccccc34)C(=O)N([C@@H](C)CO)C[C@H]2C)c(OC)c1. The van der Waals surface area contributed by atoms with Crippen LogP contribution in [0.1, 0.15) is 29.9 Å². The van der Waals surface area contributed by atoms with Crippen LogP contribution in [0.15, 0.2) is 66.7 Å². The minimum absolute atomic E-state index is 0.162. The summed E-state index contributed by atoms with van der Waals surface area (Å²) >= 11 is 0. The molecule has 0 aliphatic carbocycles. The van der Waals surface area contributed by atoms with E-state index in [9.17, 15) is 14.7 Å². The highest BCUT2D eigenvalue weighted by Crippen LogP contribution is 2.38. The molecule has 10 heteroatoms. The van der Waals surface area contributed by atoms with E-state index >= 15 is 0 Å². The molecule has 4 aromatic rings. The van der Waals surface area contributed by atoms with Crippen molar-refractivity contribution >= 4 is 28.5 Å². The number of nitrogens with zero attached hydrogens (tertiary/aromatic N) is 3. The smallest absolute Gasteiger partial charge is 0.321 e. The Bertz CT molecular complexity index is 1680. The summed E-state index contributed by atoms with van der Waals surface area (Å²) < 4.78 is 19.3. The molecule has 0 saturated carbocycles. The molecule has 0 saturated heterocycles. The zero-order valence-corrected chi connectivity index (χ0v) is 26.7. The van der Waals surface area contributed by atoms with Gasteiger partial charge < -0.3 is 39.0 Å². The fourth-order valence-corrected chi connectivity index (χ4v) is 5.99. The molecular weight excluding hydrogens is 572 g/mol. The number of fused-ring (bicyclic) bond motifs is 5. The van der Waals surface area contributed by atoms with Gasteiger partial charge >= 0.3 is 6.03 Å². The van der Waals surface area contributed by atoms with Crippen LogP contribution in [-0.2, 0) is 18.4 Å². The van der Waals surface area contributed by atoms with Crippen molar-refractivity contribution < 1.29 is 28.9 Å². The zero-order valence-electron chi connectivity index (χ0n) is 26.7. The maximum Gasteiger partial charge on any atom is 0.321 e. The molecule has 0 unspecified atom stereocenters. The average molecular weight is 615 g/mol. The molecule has 238 valence electrons. The molecule has 2 heterocycles. The third-order valence-electron chi connectivity index (χ3n) is 8.68. The molecule has 3 aromatic carbocycles. The van der Waals surface area contributed by atoms with Crippen LogP contribution in [0.4, 0.5) is 10.5 Å². The van der Waals surface area contributed by atoms with Gasteiger partial charge in [0.1, 0.15) is 17.2 Å². The highest BCUT2D eigenvalue weighted by Gasteiger charge is 2.34. The van der Waals surface area contributed by atoms with Crippen molar-refractivity contribution in [2.75, 3.05) is 46.3 Å². The highest BCUT2D eigenvalue weighted by molar-refractivity contribution is 6.10. The van der Waals surface area contributed by atoms with Gasteiger partial charge in [0.05, 0.1) is 45.3 Å². The first-order chi connectivity index (χ1) is 21.7. The van der Waals surface area contributed by atoms with Gasteiger partial charge in [-0.15, -0.1) is 0 Å². The Labute approximate surface area is 264 Å². The van der Waals surface area contributed by atoms with Crippen molar-refractivity contribution in [1.29, 1.82) is 0 Å². The maximum atomic E-state index is 14.5. The van der Waals surface area contributed by atoms with Crippen molar-refractivity contribution in [3.05, 3.63) is 78.0 Å². The number of anilines is 1. The summed E-state index contributed by atoms with van der Waals surface area (Å²) in [5, 5.41) is 14.1. The van der Waals surface area contributed by atoms with E-state index in [4.69, 9.17) is 14.2 Å². The molecule has 3 atom stereocenters. The number of ether oxygens (including phenoxy) is 3. The summed E-state index contributed by atoms with van der Waals surface area (Å²) in [6.45, 7) is 4.55. The summed E-state index contributed by atoms with van der Waals surface area (Å²) in [5.41, 5.74) is 4.74. The number of methoxy groups -OCH3 is 2. The van der Waals surface area contributed by atoms with Gasteiger partial charge in [0.25, 0.3) is 5.91 Å². The lowest BCUT2D eigenvalue weighted by Crippen LogP contribution is -2.48. The lowest BCUT2D eigenvalue weighted by molar-refractivity contribution is -0.0179. The van der Waals surface area contributed by atoms with Gasteiger partial charge in [0.15, 0.2) is 0 Å². The van der Waals surface area contributed by atoms with Crippen LogP contribution in [0, 0.1) is 5.92 Å². The number of rotatable bonds is 7. The third-order valence-corrected chi connectivity index (χ3v) is 8.68. The quantitative estimate of drug-likeness (QED) is 0.290. The van der Waals surface area contributed by atoms with E-state index in [0.717, 1.165) is 27.6 Å². The van der Waals surface area contributed by atoms with Crippen molar-refractivity contribution in [3.63, 3.8) is 0 Å². The summed E-state index contributed by atoms with van der Waals surface area (Å²) in [6, 6.07) is 20.4. The minimum atomic E-state index is -0.439. The van der Waals surface area contributed by atoms with Crippen molar-refractivity contribution in [2.45, 2.75) is 32.6 Å². The van der Waals surface area contributed by atoms with Gasteiger partial charge in [-0.1, -0.05) is 49.4 Å². The summed E-state index contributed by atoms with van der Waals surface area (Å²) in [4.78, 5) is 31.2. The van der Waals surface area contributed by atoms with Crippen LogP contribution in [0.25, 0.3) is 22.0 Å². The van der Waals surface area contributed by atoms with E-state index < -0.39 is 12.1 Å². The summed E-state index contributed by atoms with van der Waals surface area (Å²) in [6.07, 6.45) is -0.425. The number of hydrogen-bond donors (Lipinski definition) is 2. The Kier molecular flexibility index (Phi) is 9.65. The summed E-state index contributed by atoms with van der Waals surface area (Å²) in [5.74, 6) is 0.748. The topological polar surface area (TPSA) is 106 Å². The number of benzene rings is 3. The second kappa shape index (κ2) is 13.6. The number of aromatic nitrogens is 1. The van der Waals surface area contributed by atoms with E-state index in [-0.39, 0.29) is 31.0 Å². The largest absolute Gasteiger partial charge is 0.497 e. The number of aliphatic hydroxyl groups is 1. The van der Waals surface area contributed by atoms with E-state index in [2.05, 4.69) is 5.32 Å². The zero-order chi connectivity index (χ0) is 32.2. The molecule has 5 rings (SSSR count). The number of carbonyl (C=O) groups is 2. The van der Waals surface area contributed by atoms with E-state index in [1.54, 1.807) is 42.2 Å². The second-order valence-corrected chi connectivity index (χ2v) is 11.6. The van der Waals surface area contributed by atoms with Gasteiger partial charge in [-0.2, -0.15) is 0 Å². The van der Waals surface area contributed by atoms with Crippen LogP contribution >= 0.6 is 0 Å². The van der Waals surface area contributed by atoms with E-state index in [1.807, 2.05) is 74.0 Å². The lowest BCUT2D eigenvalue weighted by atomic mass is 9.96. The van der Waals surface area contributed by atoms with Crippen LogP contribution in [0.2, 0.25) is 0 Å². The molecule has 1 aliphatic heterocycles. The Balaban J connectivity index is 1.50. The number of amides is 3. The predicted octanol–water partition coefficient (Wildman–Crippen LogP) is 5.38. The van der Waals surface area contributed by atoms with E-state index in [1.165, 1.54) is 7.11 Å². The van der Waals surface area contributed by atoms with Crippen LogP contribution in [-0.4, -0.2) is 84.5 Å². The third kappa shape index (κ3) is 6.34. The van der Waals surface area contributed by atoms with Crippen LogP contribution in [0.5, 0.6) is 11.5 Å². The van der Waals surface area contributed by atoms with Crippen molar-refractivity contribution in [2.24, 2.45) is 13.0 Å². The Hall–Kier alpha value is -4.54. The first-order valence-corrected chi connectivity index (χ1v) is 15.1. The van der Waals surface area contributed by atoms with Gasteiger partial charge in [-0.3, -0.25) is 4.79 Å². The predicted molar refractivity (Wildman–Crippen MR) is 175 cm³/mol. The first kappa shape index (κ1) is 31.9.